The van der Waals surface area contributed by atoms with Crippen molar-refractivity contribution in [1.82, 2.24) is 10.7 Å². The summed E-state index contributed by atoms with van der Waals surface area (Å²) in [5.74, 6) is 0.926. The number of anilines is 1. The minimum absolute atomic E-state index is 0.329. The Kier molecular flexibility index (Phi) is 8.95. The quantitative estimate of drug-likeness (QED) is 0.373. The Morgan fingerprint density at radius 1 is 1.07 bits per heavy atom. The second kappa shape index (κ2) is 11.7. The molecule has 0 atom stereocenters. The molecule has 0 aliphatic carbocycles. The van der Waals surface area contributed by atoms with Crippen molar-refractivity contribution in [3.8, 4) is 0 Å². The van der Waals surface area contributed by atoms with Crippen LogP contribution in [0.2, 0.25) is 0 Å². The molecule has 0 fully saturated rings. The van der Waals surface area contributed by atoms with E-state index in [0.29, 0.717) is 6.04 Å². The van der Waals surface area contributed by atoms with Crippen molar-refractivity contribution in [2.45, 2.75) is 40.2 Å². The van der Waals surface area contributed by atoms with Gasteiger partial charge in [0.05, 0.1) is 12.0 Å². The van der Waals surface area contributed by atoms with Crippen LogP contribution in [0.4, 0.5) is 5.69 Å². The first-order chi connectivity index (χ1) is 14.4. The summed E-state index contributed by atoms with van der Waals surface area (Å²) in [5.41, 5.74) is 8.70. The van der Waals surface area contributed by atoms with E-state index in [-0.39, 0.29) is 0 Å². The van der Waals surface area contributed by atoms with E-state index < -0.39 is 0 Å². The van der Waals surface area contributed by atoms with Crippen molar-refractivity contribution < 1.29 is 0 Å². The molecule has 30 heavy (non-hydrogen) atoms. The summed E-state index contributed by atoms with van der Waals surface area (Å²) in [4.78, 5) is 2.23. The van der Waals surface area contributed by atoms with Gasteiger partial charge >= 0.3 is 0 Å². The normalized spacial score (nSPS) is 11.9. The molecule has 0 aliphatic rings. The lowest BCUT2D eigenvalue weighted by molar-refractivity contribution is 0.677. The molecule has 0 heterocycles. The number of hydrogen-bond donors (Lipinski definition) is 2. The molecule has 0 radical (unpaired) electrons. The maximum Gasteiger partial charge on any atom is 0.0986 e. The lowest BCUT2D eigenvalue weighted by Gasteiger charge is -2.31. The molecular weight excluding hydrogens is 368 g/mol. The fraction of sp³-hybridized carbons (Fsp3) is 0.269. The summed E-state index contributed by atoms with van der Waals surface area (Å²) in [7, 11) is 0. The molecule has 2 N–H and O–H groups in total. The largest absolute Gasteiger partial charge is 0.372 e. The highest BCUT2D eigenvalue weighted by Gasteiger charge is 2.13. The van der Waals surface area contributed by atoms with Crippen molar-refractivity contribution >= 4 is 17.5 Å². The zero-order valence-corrected chi connectivity index (χ0v) is 18.7. The van der Waals surface area contributed by atoms with Crippen LogP contribution in [0.15, 0.2) is 90.5 Å². The van der Waals surface area contributed by atoms with Crippen LogP contribution in [0, 0.1) is 0 Å². The SMILES string of the molecule is C=CN/N=C\C(C)=C(/C)c1ccc(CCNC(=C)N(c2ccccc2)C(C)C)cc1. The van der Waals surface area contributed by atoms with E-state index in [1.54, 1.807) is 6.20 Å². The van der Waals surface area contributed by atoms with Crippen LogP contribution >= 0.6 is 0 Å². The maximum atomic E-state index is 4.26. The molecule has 0 aromatic heterocycles. The van der Waals surface area contributed by atoms with Crippen LogP contribution in [-0.4, -0.2) is 18.8 Å². The van der Waals surface area contributed by atoms with Crippen molar-refractivity contribution in [2.75, 3.05) is 11.4 Å². The van der Waals surface area contributed by atoms with E-state index in [1.165, 1.54) is 16.7 Å². The van der Waals surface area contributed by atoms with Gasteiger partial charge in [0, 0.05) is 24.5 Å². The van der Waals surface area contributed by atoms with Crippen LogP contribution in [0.1, 0.15) is 38.8 Å². The average Bonchev–Trinajstić information content (AvgIpc) is 2.74. The van der Waals surface area contributed by atoms with E-state index in [4.69, 9.17) is 0 Å². The molecule has 2 aromatic rings. The first kappa shape index (κ1) is 23.0. The highest BCUT2D eigenvalue weighted by molar-refractivity contribution is 5.89. The number of allylic oxidation sites excluding steroid dienone is 2. The minimum Gasteiger partial charge on any atom is -0.372 e. The van der Waals surface area contributed by atoms with Gasteiger partial charge in [-0.3, -0.25) is 5.43 Å². The molecule has 4 nitrogen and oxygen atoms in total. The number of hydrazone groups is 1. The van der Waals surface area contributed by atoms with E-state index in [2.05, 4.69) is 110 Å². The maximum absolute atomic E-state index is 4.26. The minimum atomic E-state index is 0.329. The Hall–Kier alpha value is -3.27. The third-order valence-electron chi connectivity index (χ3n) is 4.99. The molecule has 0 saturated heterocycles. The van der Waals surface area contributed by atoms with Crippen LogP contribution in [0.5, 0.6) is 0 Å². The monoisotopic (exact) mass is 402 g/mol. The van der Waals surface area contributed by atoms with Gasteiger partial charge in [-0.15, -0.1) is 0 Å². The average molecular weight is 403 g/mol. The summed E-state index contributed by atoms with van der Waals surface area (Å²) < 4.78 is 0. The van der Waals surface area contributed by atoms with E-state index in [9.17, 15) is 0 Å². The van der Waals surface area contributed by atoms with Gasteiger partial charge < -0.3 is 10.2 Å². The fourth-order valence-electron chi connectivity index (χ4n) is 3.22. The predicted molar refractivity (Wildman–Crippen MR) is 131 cm³/mol. The number of nitrogens with zero attached hydrogens (tertiary/aromatic N) is 2. The van der Waals surface area contributed by atoms with Gasteiger partial charge in [0.1, 0.15) is 0 Å². The molecular formula is C26H34N4. The lowest BCUT2D eigenvalue weighted by atomic mass is 10.0. The summed E-state index contributed by atoms with van der Waals surface area (Å²) in [6.07, 6.45) is 4.30. The van der Waals surface area contributed by atoms with Crippen LogP contribution in [-0.2, 0) is 6.42 Å². The first-order valence-corrected chi connectivity index (χ1v) is 10.4. The van der Waals surface area contributed by atoms with Crippen LogP contribution in [0.25, 0.3) is 5.57 Å². The van der Waals surface area contributed by atoms with Gasteiger partial charge in [-0.2, -0.15) is 5.10 Å². The van der Waals surface area contributed by atoms with Gasteiger partial charge in [0.2, 0.25) is 0 Å². The predicted octanol–water partition coefficient (Wildman–Crippen LogP) is 5.72. The molecule has 2 rings (SSSR count). The smallest absolute Gasteiger partial charge is 0.0986 e. The van der Waals surface area contributed by atoms with Crippen LogP contribution < -0.4 is 15.6 Å². The summed E-state index contributed by atoms with van der Waals surface area (Å²) in [6, 6.07) is 19.4. The lowest BCUT2D eigenvalue weighted by Crippen LogP contribution is -2.37. The first-order valence-electron chi connectivity index (χ1n) is 10.4. The number of benzene rings is 2. The van der Waals surface area contributed by atoms with Crippen molar-refractivity contribution in [2.24, 2.45) is 5.10 Å². The Bertz CT molecular complexity index is 877. The Labute approximate surface area is 181 Å². The van der Waals surface area contributed by atoms with Gasteiger partial charge in [-0.05, 0) is 68.5 Å². The summed E-state index contributed by atoms with van der Waals surface area (Å²) in [5, 5.41) is 7.57. The molecule has 2 aromatic carbocycles. The summed E-state index contributed by atoms with van der Waals surface area (Å²) in [6.45, 7) is 17.2. The van der Waals surface area contributed by atoms with Gasteiger partial charge in [-0.1, -0.05) is 55.6 Å². The molecule has 0 spiro atoms. The van der Waals surface area contributed by atoms with E-state index >= 15 is 0 Å². The highest BCUT2D eigenvalue weighted by Crippen LogP contribution is 2.20. The Balaban J connectivity index is 1.94. The van der Waals surface area contributed by atoms with Gasteiger partial charge in [0.25, 0.3) is 0 Å². The number of rotatable bonds is 11. The zero-order valence-electron chi connectivity index (χ0n) is 18.7. The highest BCUT2D eigenvalue weighted by atomic mass is 15.3. The molecule has 0 aliphatic heterocycles. The molecule has 0 bridgehead atoms. The van der Waals surface area contributed by atoms with E-state index in [1.807, 2.05) is 12.3 Å². The number of para-hydroxylation sites is 1. The van der Waals surface area contributed by atoms with Crippen molar-refractivity contribution in [3.05, 3.63) is 96.5 Å². The van der Waals surface area contributed by atoms with Gasteiger partial charge in [0.15, 0.2) is 0 Å². The molecule has 158 valence electrons. The zero-order chi connectivity index (χ0) is 21.9. The van der Waals surface area contributed by atoms with E-state index in [0.717, 1.165) is 30.0 Å². The fourth-order valence-corrected chi connectivity index (χ4v) is 3.22. The summed E-state index contributed by atoms with van der Waals surface area (Å²) >= 11 is 0. The Morgan fingerprint density at radius 2 is 1.73 bits per heavy atom. The van der Waals surface area contributed by atoms with Crippen molar-refractivity contribution in [3.63, 3.8) is 0 Å². The topological polar surface area (TPSA) is 39.7 Å². The number of nitrogens with one attached hydrogen (secondary N) is 2. The third kappa shape index (κ3) is 6.66. The molecule has 0 saturated carbocycles. The molecule has 4 heteroatoms. The van der Waals surface area contributed by atoms with Crippen molar-refractivity contribution in [1.29, 1.82) is 0 Å². The second-order valence-corrected chi connectivity index (χ2v) is 7.52. The van der Waals surface area contributed by atoms with Gasteiger partial charge in [-0.25, -0.2) is 0 Å². The Morgan fingerprint density at radius 3 is 2.33 bits per heavy atom. The standard InChI is InChI=1S/C26H34N4/c1-7-28-29-19-21(4)22(5)25-15-13-24(14-16-25)17-18-27-23(6)30(20(2)3)26-11-9-8-10-12-26/h7-16,19-20,27-28H,1,6,17-18H2,2-5H3/b22-21+,29-19-. The number of hydrogen-bond acceptors (Lipinski definition) is 4. The van der Waals surface area contributed by atoms with Crippen LogP contribution in [0.3, 0.4) is 0 Å². The molecule has 0 amide bonds. The molecule has 0 unspecified atom stereocenters. The third-order valence-corrected chi connectivity index (χ3v) is 4.99. The second-order valence-electron chi connectivity index (χ2n) is 7.52.